The number of ether oxygens (including phenoxy) is 1. The Kier molecular flexibility index (Phi) is 8.05. The molecule has 2 fully saturated rings. The van der Waals surface area contributed by atoms with E-state index in [4.69, 9.17) is 21.3 Å². The van der Waals surface area contributed by atoms with Gasteiger partial charge in [-0.25, -0.2) is 8.78 Å². The first-order valence-corrected chi connectivity index (χ1v) is 15.1. The summed E-state index contributed by atoms with van der Waals surface area (Å²) in [5.41, 5.74) is 2.07. The van der Waals surface area contributed by atoms with Crippen LogP contribution in [0.25, 0.3) is 0 Å². The molecule has 228 valence electrons. The molecule has 5 atom stereocenters. The van der Waals surface area contributed by atoms with E-state index >= 15 is 4.39 Å². The number of aliphatic hydroxyl groups is 1. The van der Waals surface area contributed by atoms with Gasteiger partial charge in [0, 0.05) is 42.2 Å². The molecule has 2 aliphatic heterocycles. The van der Waals surface area contributed by atoms with Crippen LogP contribution in [0.15, 0.2) is 30.6 Å². The zero-order chi connectivity index (χ0) is 30.5. The topological polar surface area (TPSA) is 106 Å². The number of alkyl halides is 1. The van der Waals surface area contributed by atoms with Crippen molar-refractivity contribution >= 4 is 23.3 Å². The van der Waals surface area contributed by atoms with Gasteiger partial charge in [-0.2, -0.15) is 15.2 Å². The van der Waals surface area contributed by atoms with E-state index < -0.39 is 35.5 Å². The number of halogens is 3. The lowest BCUT2D eigenvalue weighted by atomic mass is 9.68. The molecule has 1 amide bonds. The van der Waals surface area contributed by atoms with Crippen LogP contribution in [0.5, 0.6) is 6.01 Å². The molecule has 0 unspecified atom stereocenters. The Balaban J connectivity index is 1.37. The number of piperazine rings is 1. The molecule has 12 heteroatoms. The average molecular weight is 613 g/mol. The summed E-state index contributed by atoms with van der Waals surface area (Å²) in [5.74, 6) is -1.42. The number of nitrogens with zero attached hydrogens (tertiary/aromatic N) is 6. The molecule has 1 aromatic heterocycles. The number of likely N-dealkylation sites (tertiary alicyclic amines) is 1. The number of benzene rings is 1. The van der Waals surface area contributed by atoms with Crippen LogP contribution in [-0.4, -0.2) is 88.8 Å². The van der Waals surface area contributed by atoms with Crippen LogP contribution in [0.1, 0.15) is 54.2 Å². The van der Waals surface area contributed by atoms with Gasteiger partial charge in [0.2, 0.25) is 0 Å². The van der Waals surface area contributed by atoms with Crippen LogP contribution in [0.3, 0.4) is 0 Å². The highest BCUT2D eigenvalue weighted by Gasteiger charge is 2.51. The lowest BCUT2D eigenvalue weighted by molar-refractivity contribution is -0.131. The van der Waals surface area contributed by atoms with Crippen molar-refractivity contribution < 1.29 is 23.4 Å². The number of carbonyl (C=O) groups is 1. The molecular formula is C31H35ClF2N6O3. The fraction of sp³-hybridized carbons (Fsp3) is 0.548. The van der Waals surface area contributed by atoms with Crippen molar-refractivity contribution in [2.24, 2.45) is 0 Å². The highest BCUT2D eigenvalue weighted by molar-refractivity contribution is 6.31. The zero-order valence-corrected chi connectivity index (χ0v) is 24.9. The number of likely N-dealkylation sites (N-methyl/N-ethyl adjacent to an activating group) is 1. The Labute approximate surface area is 254 Å². The standard InChI is InChI=1S/C31H35ClF2N6O3/c1-18(33)29(42)40-15-14-39(16-19(40)8-12-35)28-21-7-11-31(10-6-20-22(31)4-3-5-23(20)32)27(34)26(21)36-30(37-28)43-17-24-25(41)9-13-38(24)2/h3-5,19,24-25,27,41H,1,6-11,13-17H2,2H3/t19-,24+,25-,27-,31+/m0/s1. The third kappa shape index (κ3) is 5.13. The first-order valence-electron chi connectivity index (χ1n) is 14.8. The molecule has 0 bridgehead atoms. The van der Waals surface area contributed by atoms with Gasteiger partial charge in [0.25, 0.3) is 5.91 Å². The largest absolute Gasteiger partial charge is 0.462 e. The van der Waals surface area contributed by atoms with Gasteiger partial charge in [-0.1, -0.05) is 30.3 Å². The molecule has 0 radical (unpaired) electrons. The summed E-state index contributed by atoms with van der Waals surface area (Å²) in [6.07, 6.45) is 0.991. The number of fused-ring (bicyclic) bond motifs is 3. The van der Waals surface area contributed by atoms with Crippen LogP contribution < -0.4 is 9.64 Å². The third-order valence-electron chi connectivity index (χ3n) is 9.79. The number of aromatic nitrogens is 2. The molecule has 1 aromatic carbocycles. The molecule has 0 saturated carbocycles. The van der Waals surface area contributed by atoms with Crippen molar-refractivity contribution in [3.8, 4) is 12.1 Å². The molecule has 9 nitrogen and oxygen atoms in total. The van der Waals surface area contributed by atoms with Gasteiger partial charge in [0.1, 0.15) is 12.4 Å². The summed E-state index contributed by atoms with van der Waals surface area (Å²) in [6.45, 7) is 4.66. The van der Waals surface area contributed by atoms with E-state index in [0.717, 1.165) is 17.7 Å². The Morgan fingerprint density at radius 3 is 2.72 bits per heavy atom. The maximum atomic E-state index is 17.0. The van der Waals surface area contributed by atoms with Crippen molar-refractivity contribution in [2.45, 2.75) is 68.3 Å². The second kappa shape index (κ2) is 11.6. The van der Waals surface area contributed by atoms with E-state index in [9.17, 15) is 19.6 Å². The number of hydrogen-bond donors (Lipinski definition) is 1. The number of amides is 1. The van der Waals surface area contributed by atoms with Crippen LogP contribution in [0.4, 0.5) is 14.6 Å². The highest BCUT2D eigenvalue weighted by Crippen LogP contribution is 2.56. The number of anilines is 1. The Hall–Kier alpha value is -3.33. The average Bonchev–Trinajstić information content (AvgIpc) is 3.53. The summed E-state index contributed by atoms with van der Waals surface area (Å²) < 4.78 is 36.8. The predicted molar refractivity (Wildman–Crippen MR) is 156 cm³/mol. The Morgan fingerprint density at radius 2 is 2.02 bits per heavy atom. The van der Waals surface area contributed by atoms with Crippen molar-refractivity contribution in [3.63, 3.8) is 0 Å². The maximum absolute atomic E-state index is 17.0. The predicted octanol–water partition coefficient (Wildman–Crippen LogP) is 3.83. The molecule has 6 rings (SSSR count). The van der Waals surface area contributed by atoms with Gasteiger partial charge in [-0.15, -0.1) is 0 Å². The fourth-order valence-corrected chi connectivity index (χ4v) is 7.67. The monoisotopic (exact) mass is 612 g/mol. The second-order valence-corrected chi connectivity index (χ2v) is 12.5. The Bertz CT molecular complexity index is 1480. The summed E-state index contributed by atoms with van der Waals surface area (Å²) >= 11 is 6.51. The van der Waals surface area contributed by atoms with Crippen LogP contribution in [0, 0.1) is 11.3 Å². The normalized spacial score (nSPS) is 28.5. The molecular weight excluding hydrogens is 578 g/mol. The molecule has 1 N–H and O–H groups in total. The number of hydrogen-bond acceptors (Lipinski definition) is 8. The summed E-state index contributed by atoms with van der Waals surface area (Å²) in [5, 5.41) is 20.6. The molecule has 3 heterocycles. The van der Waals surface area contributed by atoms with Crippen molar-refractivity contribution in [3.05, 3.63) is 58.0 Å². The minimum Gasteiger partial charge on any atom is -0.462 e. The van der Waals surface area contributed by atoms with Crippen LogP contribution in [-0.2, 0) is 23.1 Å². The van der Waals surface area contributed by atoms with Gasteiger partial charge >= 0.3 is 6.01 Å². The number of rotatable bonds is 6. The third-order valence-corrected chi connectivity index (χ3v) is 10.1. The lowest BCUT2D eigenvalue weighted by Crippen LogP contribution is -2.55. The highest BCUT2D eigenvalue weighted by atomic mass is 35.5. The van der Waals surface area contributed by atoms with Gasteiger partial charge in [0.05, 0.1) is 36.4 Å². The Morgan fingerprint density at radius 1 is 1.26 bits per heavy atom. The van der Waals surface area contributed by atoms with E-state index in [1.165, 1.54) is 4.90 Å². The molecule has 2 saturated heterocycles. The first kappa shape index (κ1) is 29.7. The molecule has 2 aromatic rings. The molecule has 4 aliphatic rings. The molecule has 2 aliphatic carbocycles. The van der Waals surface area contributed by atoms with Gasteiger partial charge in [0.15, 0.2) is 12.0 Å². The summed E-state index contributed by atoms with van der Waals surface area (Å²) in [7, 11) is 1.91. The van der Waals surface area contributed by atoms with Crippen LogP contribution in [0.2, 0.25) is 5.02 Å². The molecule has 43 heavy (non-hydrogen) atoms. The quantitative estimate of drug-likeness (QED) is 0.491. The van der Waals surface area contributed by atoms with Gasteiger partial charge in [-0.05, 0) is 56.3 Å². The fourth-order valence-electron chi connectivity index (χ4n) is 7.40. The SMILES string of the molecule is C=C(F)C(=O)N1CCN(c2nc(OC[C@@H]3[C@@H](O)CCN3C)nc3c2CC[C@@]2(CCc4c(Cl)cccc42)[C@H]3F)C[C@@H]1CC#N. The van der Waals surface area contributed by atoms with Crippen molar-refractivity contribution in [1.82, 2.24) is 19.8 Å². The number of carbonyl (C=O) groups excluding carboxylic acids is 1. The van der Waals surface area contributed by atoms with Gasteiger partial charge in [-0.3, -0.25) is 9.69 Å². The van der Waals surface area contributed by atoms with E-state index in [1.54, 1.807) is 0 Å². The summed E-state index contributed by atoms with van der Waals surface area (Å²) in [4.78, 5) is 27.1. The minimum absolute atomic E-state index is 0.00948. The summed E-state index contributed by atoms with van der Waals surface area (Å²) in [6, 6.07) is 6.92. The molecule has 1 spiro atoms. The second-order valence-electron chi connectivity index (χ2n) is 12.1. The number of nitriles is 1. The number of aliphatic hydroxyl groups excluding tert-OH is 1. The lowest BCUT2D eigenvalue weighted by Gasteiger charge is -2.43. The van der Waals surface area contributed by atoms with Crippen molar-refractivity contribution in [1.29, 1.82) is 5.26 Å². The minimum atomic E-state index is -1.44. The van der Waals surface area contributed by atoms with E-state index in [0.29, 0.717) is 55.1 Å². The zero-order valence-electron chi connectivity index (χ0n) is 24.1. The smallest absolute Gasteiger partial charge is 0.318 e. The van der Waals surface area contributed by atoms with E-state index in [1.807, 2.05) is 35.0 Å². The van der Waals surface area contributed by atoms with E-state index in [2.05, 4.69) is 17.6 Å². The van der Waals surface area contributed by atoms with E-state index in [-0.39, 0.29) is 43.9 Å². The maximum Gasteiger partial charge on any atom is 0.318 e. The van der Waals surface area contributed by atoms with Crippen molar-refractivity contribution in [2.75, 3.05) is 44.7 Å². The van der Waals surface area contributed by atoms with Crippen LogP contribution >= 0.6 is 11.6 Å². The van der Waals surface area contributed by atoms with Gasteiger partial charge < -0.3 is 19.6 Å². The first-order chi connectivity index (χ1) is 20.6.